The van der Waals surface area contributed by atoms with Gasteiger partial charge in [-0.25, -0.2) is 4.98 Å². The molecule has 1 aromatic heterocycles. The van der Waals surface area contributed by atoms with E-state index in [9.17, 15) is 9.59 Å². The van der Waals surface area contributed by atoms with Gasteiger partial charge >= 0.3 is 0 Å². The molecule has 0 saturated heterocycles. The van der Waals surface area contributed by atoms with E-state index in [0.717, 1.165) is 23.4 Å². The summed E-state index contributed by atoms with van der Waals surface area (Å²) in [4.78, 5) is 31.2. The molecule has 1 fully saturated rings. The van der Waals surface area contributed by atoms with E-state index in [1.165, 1.54) is 11.3 Å². The number of aromatic nitrogens is 1. The largest absolute Gasteiger partial charge is 0.331 e. The van der Waals surface area contributed by atoms with Gasteiger partial charge in [-0.15, -0.1) is 11.3 Å². The van der Waals surface area contributed by atoms with Crippen LogP contribution in [-0.2, 0) is 9.59 Å². The van der Waals surface area contributed by atoms with Gasteiger partial charge < -0.3 is 10.2 Å². The Hall–Kier alpha value is -1.43. The van der Waals surface area contributed by atoms with Crippen molar-refractivity contribution in [2.45, 2.75) is 46.6 Å². The first kappa shape index (κ1) is 15.0. The third kappa shape index (κ3) is 3.56. The fourth-order valence-electron chi connectivity index (χ4n) is 1.92. The van der Waals surface area contributed by atoms with Gasteiger partial charge in [0.15, 0.2) is 5.13 Å². The standard InChI is InChI=1S/C14H21N3O2S/c1-8(2)17(13(19)11-5-6-11)7-12(18)16-14-15-9(3)10(4)20-14/h8,11H,5-7H2,1-4H3,(H,15,16,18). The lowest BCUT2D eigenvalue weighted by atomic mass is 10.2. The first-order valence-corrected chi connectivity index (χ1v) is 7.74. The molecule has 1 aliphatic rings. The van der Waals surface area contributed by atoms with E-state index >= 15 is 0 Å². The number of nitrogens with one attached hydrogen (secondary N) is 1. The minimum absolute atomic E-state index is 0.0358. The number of hydrogen-bond acceptors (Lipinski definition) is 4. The number of aryl methyl sites for hydroxylation is 2. The summed E-state index contributed by atoms with van der Waals surface area (Å²) in [7, 11) is 0. The van der Waals surface area contributed by atoms with Gasteiger partial charge in [-0.3, -0.25) is 9.59 Å². The smallest absolute Gasteiger partial charge is 0.245 e. The summed E-state index contributed by atoms with van der Waals surface area (Å²) in [6.45, 7) is 7.86. The van der Waals surface area contributed by atoms with Gasteiger partial charge in [0.05, 0.1) is 5.69 Å². The van der Waals surface area contributed by atoms with Crippen molar-refractivity contribution in [1.82, 2.24) is 9.88 Å². The molecule has 0 aromatic carbocycles. The second-order valence-corrected chi connectivity index (χ2v) is 6.75. The van der Waals surface area contributed by atoms with E-state index in [4.69, 9.17) is 0 Å². The van der Waals surface area contributed by atoms with E-state index in [2.05, 4.69) is 10.3 Å². The lowest BCUT2D eigenvalue weighted by Gasteiger charge is -2.26. The van der Waals surface area contributed by atoms with E-state index in [1.807, 2.05) is 27.7 Å². The Balaban J connectivity index is 1.95. The Morgan fingerprint density at radius 3 is 2.50 bits per heavy atom. The van der Waals surface area contributed by atoms with Crippen molar-refractivity contribution in [1.29, 1.82) is 0 Å². The molecule has 6 heteroatoms. The zero-order valence-electron chi connectivity index (χ0n) is 12.4. The fourth-order valence-corrected chi connectivity index (χ4v) is 2.75. The summed E-state index contributed by atoms with van der Waals surface area (Å²) < 4.78 is 0. The van der Waals surface area contributed by atoms with Crippen LogP contribution in [0.4, 0.5) is 5.13 Å². The van der Waals surface area contributed by atoms with Gasteiger partial charge in [0, 0.05) is 16.8 Å². The summed E-state index contributed by atoms with van der Waals surface area (Å²) in [6.07, 6.45) is 1.91. The molecule has 0 atom stereocenters. The average molecular weight is 295 g/mol. The molecule has 1 heterocycles. The maximum atomic E-state index is 12.1. The van der Waals surface area contributed by atoms with Gasteiger partial charge in [-0.2, -0.15) is 0 Å². The Labute approximate surface area is 123 Å². The molecule has 0 unspecified atom stereocenters. The molecule has 0 bridgehead atoms. The highest BCUT2D eigenvalue weighted by Gasteiger charge is 2.35. The highest BCUT2D eigenvalue weighted by atomic mass is 32.1. The predicted molar refractivity (Wildman–Crippen MR) is 79.8 cm³/mol. The molecule has 2 amide bonds. The van der Waals surface area contributed by atoms with E-state index in [-0.39, 0.29) is 30.3 Å². The maximum Gasteiger partial charge on any atom is 0.245 e. The van der Waals surface area contributed by atoms with Crippen LogP contribution in [0.5, 0.6) is 0 Å². The summed E-state index contributed by atoms with van der Waals surface area (Å²) >= 11 is 1.46. The highest BCUT2D eigenvalue weighted by molar-refractivity contribution is 7.15. The van der Waals surface area contributed by atoms with Crippen molar-refractivity contribution in [3.63, 3.8) is 0 Å². The molecular formula is C14H21N3O2S. The normalized spacial score (nSPS) is 14.4. The van der Waals surface area contributed by atoms with Crippen LogP contribution in [0.15, 0.2) is 0 Å². The van der Waals surface area contributed by atoms with Crippen LogP contribution in [0.2, 0.25) is 0 Å². The Bertz CT molecular complexity index is 501. The van der Waals surface area contributed by atoms with Crippen LogP contribution in [0.3, 0.4) is 0 Å². The Morgan fingerprint density at radius 1 is 1.40 bits per heavy atom. The van der Waals surface area contributed by atoms with E-state index in [1.54, 1.807) is 4.90 Å². The summed E-state index contributed by atoms with van der Waals surface area (Å²) in [5, 5.41) is 3.38. The molecule has 0 spiro atoms. The second-order valence-electron chi connectivity index (χ2n) is 5.54. The summed E-state index contributed by atoms with van der Waals surface area (Å²) in [6, 6.07) is 0.0358. The van der Waals surface area contributed by atoms with Gasteiger partial charge in [0.2, 0.25) is 11.8 Å². The number of carbonyl (C=O) groups excluding carboxylic acids is 2. The summed E-state index contributed by atoms with van der Waals surface area (Å²) in [5.41, 5.74) is 0.931. The predicted octanol–water partition coefficient (Wildman–Crippen LogP) is 2.35. The van der Waals surface area contributed by atoms with Crippen molar-refractivity contribution in [3.05, 3.63) is 10.6 Å². The zero-order chi connectivity index (χ0) is 14.9. The lowest BCUT2D eigenvalue weighted by molar-refractivity contribution is -0.137. The maximum absolute atomic E-state index is 12.1. The van der Waals surface area contributed by atoms with Crippen molar-refractivity contribution >= 4 is 28.3 Å². The molecule has 110 valence electrons. The SMILES string of the molecule is Cc1nc(NC(=O)CN(C(=O)C2CC2)C(C)C)sc1C. The van der Waals surface area contributed by atoms with Crippen LogP contribution in [0.1, 0.15) is 37.3 Å². The number of amides is 2. The molecule has 20 heavy (non-hydrogen) atoms. The third-order valence-corrected chi connectivity index (χ3v) is 4.41. The summed E-state index contributed by atoms with van der Waals surface area (Å²) in [5.74, 6) is 0.0534. The van der Waals surface area contributed by atoms with Gasteiger partial charge in [0.25, 0.3) is 0 Å². The van der Waals surface area contributed by atoms with E-state index in [0.29, 0.717) is 5.13 Å². The molecule has 0 radical (unpaired) electrons. The number of rotatable bonds is 5. The fraction of sp³-hybridized carbons (Fsp3) is 0.643. The number of anilines is 1. The molecule has 1 saturated carbocycles. The molecule has 1 aliphatic carbocycles. The Kier molecular flexibility index (Phi) is 4.42. The number of carbonyl (C=O) groups is 2. The minimum Gasteiger partial charge on any atom is -0.331 e. The topological polar surface area (TPSA) is 62.3 Å². The van der Waals surface area contributed by atoms with Gasteiger partial charge in [-0.1, -0.05) is 0 Å². The first-order valence-electron chi connectivity index (χ1n) is 6.93. The molecular weight excluding hydrogens is 274 g/mol. The van der Waals surface area contributed by atoms with Gasteiger partial charge in [-0.05, 0) is 40.5 Å². The first-order chi connectivity index (χ1) is 9.38. The monoisotopic (exact) mass is 295 g/mol. The number of thiazole rings is 1. The average Bonchev–Trinajstić information content (AvgIpc) is 3.14. The van der Waals surface area contributed by atoms with Crippen LogP contribution in [0.25, 0.3) is 0 Å². The van der Waals surface area contributed by atoms with Gasteiger partial charge in [0.1, 0.15) is 6.54 Å². The third-order valence-electron chi connectivity index (χ3n) is 3.42. The quantitative estimate of drug-likeness (QED) is 0.907. The number of hydrogen-bond donors (Lipinski definition) is 1. The number of nitrogens with zero attached hydrogens (tertiary/aromatic N) is 2. The van der Waals surface area contributed by atoms with Crippen molar-refractivity contribution in [2.24, 2.45) is 5.92 Å². The molecule has 0 aliphatic heterocycles. The van der Waals surface area contributed by atoms with Crippen molar-refractivity contribution < 1.29 is 9.59 Å². The molecule has 1 aromatic rings. The van der Waals surface area contributed by atoms with Crippen molar-refractivity contribution in [2.75, 3.05) is 11.9 Å². The van der Waals surface area contributed by atoms with Crippen LogP contribution < -0.4 is 5.32 Å². The minimum atomic E-state index is -0.179. The zero-order valence-corrected chi connectivity index (χ0v) is 13.2. The molecule has 5 nitrogen and oxygen atoms in total. The van der Waals surface area contributed by atoms with Crippen LogP contribution in [-0.4, -0.2) is 34.3 Å². The molecule has 1 N–H and O–H groups in total. The Morgan fingerprint density at radius 2 is 2.05 bits per heavy atom. The second kappa shape index (κ2) is 5.91. The van der Waals surface area contributed by atoms with Crippen LogP contribution >= 0.6 is 11.3 Å². The van der Waals surface area contributed by atoms with Crippen LogP contribution in [0, 0.1) is 19.8 Å². The highest BCUT2D eigenvalue weighted by Crippen LogP contribution is 2.31. The van der Waals surface area contributed by atoms with E-state index < -0.39 is 0 Å². The van der Waals surface area contributed by atoms with Crippen molar-refractivity contribution in [3.8, 4) is 0 Å². The molecule has 2 rings (SSSR count). The lowest BCUT2D eigenvalue weighted by Crippen LogP contribution is -2.43.